The normalized spacial score (nSPS) is 10.5. The fraction of sp³-hybridized carbons (Fsp3) is 0.154. The molecule has 0 aliphatic carbocycles. The minimum atomic E-state index is -0.909. The highest BCUT2D eigenvalue weighted by Gasteiger charge is 2.13. The van der Waals surface area contributed by atoms with E-state index in [4.69, 9.17) is 4.74 Å². The second-order valence-corrected chi connectivity index (χ2v) is 7.54. The quantitative estimate of drug-likeness (QED) is 0.274. The molecule has 0 unspecified atom stereocenters. The smallest absolute Gasteiger partial charge is 0.329 e. The Bertz CT molecular complexity index is 1190. The lowest BCUT2D eigenvalue weighted by Gasteiger charge is -2.09. The molecule has 0 atom stereocenters. The molecule has 0 aliphatic rings. The Labute approximate surface area is 198 Å². The highest BCUT2D eigenvalue weighted by molar-refractivity contribution is 6.39. The predicted molar refractivity (Wildman–Crippen MR) is 131 cm³/mol. The molecule has 0 saturated carbocycles. The van der Waals surface area contributed by atoms with Gasteiger partial charge in [0, 0.05) is 17.8 Å². The van der Waals surface area contributed by atoms with Crippen molar-refractivity contribution in [1.82, 2.24) is 10.7 Å². The lowest BCUT2D eigenvalue weighted by molar-refractivity contribution is -0.136. The van der Waals surface area contributed by atoms with E-state index in [1.54, 1.807) is 36.4 Å². The molecule has 0 spiro atoms. The summed E-state index contributed by atoms with van der Waals surface area (Å²) in [6, 6.07) is 21.8. The Morgan fingerprint density at radius 2 is 1.62 bits per heavy atom. The number of nitrogens with zero attached hydrogens (tertiary/aromatic N) is 1. The summed E-state index contributed by atoms with van der Waals surface area (Å²) in [5, 5.41) is 9.15. The van der Waals surface area contributed by atoms with Gasteiger partial charge in [-0.3, -0.25) is 14.4 Å². The van der Waals surface area contributed by atoms with E-state index in [2.05, 4.69) is 21.2 Å². The van der Waals surface area contributed by atoms with E-state index >= 15 is 0 Å². The molecule has 8 nitrogen and oxygen atoms in total. The van der Waals surface area contributed by atoms with Crippen molar-refractivity contribution in [2.75, 3.05) is 11.9 Å². The predicted octanol–water partition coefficient (Wildman–Crippen LogP) is 3.09. The first-order chi connectivity index (χ1) is 16.4. The number of rotatable bonds is 8. The third-order valence-electron chi connectivity index (χ3n) is 4.95. The zero-order chi connectivity index (χ0) is 24.3. The highest BCUT2D eigenvalue weighted by atomic mass is 16.5. The number of nitrogens with one attached hydrogen (secondary N) is 3. The molecule has 3 aromatic rings. The first-order valence-electron chi connectivity index (χ1n) is 10.7. The Kier molecular flexibility index (Phi) is 8.51. The minimum Gasteiger partial charge on any atom is -0.483 e. The molecule has 0 aromatic heterocycles. The second-order valence-electron chi connectivity index (χ2n) is 7.54. The van der Waals surface area contributed by atoms with Crippen LogP contribution in [-0.4, -0.2) is 30.5 Å². The van der Waals surface area contributed by atoms with Crippen LogP contribution in [0.15, 0.2) is 77.9 Å². The van der Waals surface area contributed by atoms with Crippen LogP contribution in [0.25, 0.3) is 0 Å². The van der Waals surface area contributed by atoms with Crippen LogP contribution >= 0.6 is 0 Å². The summed E-state index contributed by atoms with van der Waals surface area (Å²) >= 11 is 0. The molecule has 174 valence electrons. The topological polar surface area (TPSA) is 109 Å². The van der Waals surface area contributed by atoms with Gasteiger partial charge in [-0.25, -0.2) is 5.43 Å². The molecule has 3 aromatic carbocycles. The SMILES string of the molecule is Cc1ccc(NC(=O)C(=O)N/N=C/c2ccccc2OCC(=O)NCc2ccccc2)cc1C. The van der Waals surface area contributed by atoms with E-state index in [0.717, 1.165) is 16.7 Å². The van der Waals surface area contributed by atoms with Gasteiger partial charge in [-0.15, -0.1) is 0 Å². The molecule has 3 rings (SSSR count). The van der Waals surface area contributed by atoms with Crippen LogP contribution in [0.2, 0.25) is 0 Å². The van der Waals surface area contributed by atoms with E-state index in [0.29, 0.717) is 23.5 Å². The van der Waals surface area contributed by atoms with Crippen molar-refractivity contribution in [3.63, 3.8) is 0 Å². The van der Waals surface area contributed by atoms with Crippen LogP contribution in [0.5, 0.6) is 5.75 Å². The number of benzene rings is 3. The van der Waals surface area contributed by atoms with Crippen molar-refractivity contribution < 1.29 is 19.1 Å². The van der Waals surface area contributed by atoms with E-state index in [1.807, 2.05) is 50.2 Å². The number of ether oxygens (including phenoxy) is 1. The average molecular weight is 459 g/mol. The van der Waals surface area contributed by atoms with Crippen LogP contribution in [0.3, 0.4) is 0 Å². The standard InChI is InChI=1S/C26H26N4O4/c1-18-12-13-22(14-19(18)2)29-25(32)26(33)30-28-16-21-10-6-7-11-23(21)34-17-24(31)27-15-20-8-4-3-5-9-20/h3-14,16H,15,17H2,1-2H3,(H,27,31)(H,29,32)(H,30,33)/b28-16+. The first-order valence-corrected chi connectivity index (χ1v) is 10.7. The molecule has 0 fully saturated rings. The first kappa shape index (κ1) is 24.2. The van der Waals surface area contributed by atoms with Crippen LogP contribution in [0, 0.1) is 13.8 Å². The zero-order valence-electron chi connectivity index (χ0n) is 19.0. The maximum absolute atomic E-state index is 12.1. The molecule has 0 bridgehead atoms. The molecular weight excluding hydrogens is 432 g/mol. The Balaban J connectivity index is 1.50. The van der Waals surface area contributed by atoms with Gasteiger partial charge in [0.2, 0.25) is 0 Å². The number of hydrogen-bond donors (Lipinski definition) is 3. The Hall–Kier alpha value is -4.46. The van der Waals surface area contributed by atoms with E-state index in [1.165, 1.54) is 6.21 Å². The number of hydrazone groups is 1. The summed E-state index contributed by atoms with van der Waals surface area (Å²) in [7, 11) is 0. The summed E-state index contributed by atoms with van der Waals surface area (Å²) < 4.78 is 5.60. The van der Waals surface area contributed by atoms with E-state index in [9.17, 15) is 14.4 Å². The van der Waals surface area contributed by atoms with Crippen molar-refractivity contribution in [2.45, 2.75) is 20.4 Å². The summed E-state index contributed by atoms with van der Waals surface area (Å²) in [6.07, 6.45) is 1.35. The van der Waals surface area contributed by atoms with Crippen molar-refractivity contribution in [3.05, 3.63) is 95.1 Å². The highest BCUT2D eigenvalue weighted by Crippen LogP contribution is 2.16. The number of anilines is 1. The number of para-hydroxylation sites is 1. The number of carbonyl (C=O) groups is 3. The van der Waals surface area contributed by atoms with Gasteiger partial charge < -0.3 is 15.4 Å². The fourth-order valence-electron chi connectivity index (χ4n) is 2.93. The third kappa shape index (κ3) is 7.30. The molecule has 8 heteroatoms. The maximum Gasteiger partial charge on any atom is 0.329 e. The summed E-state index contributed by atoms with van der Waals surface area (Å²) in [5.41, 5.74) is 6.32. The number of aryl methyl sites for hydroxylation is 2. The lowest BCUT2D eigenvalue weighted by Crippen LogP contribution is -2.32. The van der Waals surface area contributed by atoms with Crippen LogP contribution in [0.4, 0.5) is 5.69 Å². The van der Waals surface area contributed by atoms with Crippen molar-refractivity contribution in [1.29, 1.82) is 0 Å². The molecule has 0 heterocycles. The molecule has 0 radical (unpaired) electrons. The summed E-state index contributed by atoms with van der Waals surface area (Å²) in [4.78, 5) is 36.2. The van der Waals surface area contributed by atoms with Gasteiger partial charge in [-0.2, -0.15) is 5.10 Å². The molecule has 0 aliphatic heterocycles. The van der Waals surface area contributed by atoms with E-state index in [-0.39, 0.29) is 12.5 Å². The van der Waals surface area contributed by atoms with Gasteiger partial charge in [-0.1, -0.05) is 48.5 Å². The number of carbonyl (C=O) groups excluding carboxylic acids is 3. The fourth-order valence-corrected chi connectivity index (χ4v) is 2.93. The number of amides is 3. The van der Waals surface area contributed by atoms with Gasteiger partial charge in [-0.05, 0) is 54.8 Å². The Morgan fingerprint density at radius 1 is 0.882 bits per heavy atom. The van der Waals surface area contributed by atoms with Crippen molar-refractivity contribution in [3.8, 4) is 5.75 Å². The Morgan fingerprint density at radius 3 is 2.38 bits per heavy atom. The minimum absolute atomic E-state index is 0.178. The van der Waals surface area contributed by atoms with Crippen LogP contribution in [0.1, 0.15) is 22.3 Å². The number of hydrogen-bond acceptors (Lipinski definition) is 5. The van der Waals surface area contributed by atoms with Gasteiger partial charge >= 0.3 is 11.8 Å². The second kappa shape index (κ2) is 12.0. The monoisotopic (exact) mass is 458 g/mol. The van der Waals surface area contributed by atoms with Gasteiger partial charge in [0.15, 0.2) is 6.61 Å². The van der Waals surface area contributed by atoms with Gasteiger partial charge in [0.1, 0.15) is 5.75 Å². The molecular formula is C26H26N4O4. The van der Waals surface area contributed by atoms with Crippen LogP contribution in [-0.2, 0) is 20.9 Å². The third-order valence-corrected chi connectivity index (χ3v) is 4.95. The van der Waals surface area contributed by atoms with Crippen molar-refractivity contribution >= 4 is 29.6 Å². The molecule has 3 N–H and O–H groups in total. The van der Waals surface area contributed by atoms with Gasteiger partial charge in [0.05, 0.1) is 6.21 Å². The van der Waals surface area contributed by atoms with Crippen LogP contribution < -0.4 is 20.8 Å². The van der Waals surface area contributed by atoms with Gasteiger partial charge in [0.25, 0.3) is 5.91 Å². The summed E-state index contributed by atoms with van der Waals surface area (Å²) in [6.45, 7) is 4.10. The molecule has 3 amide bonds. The molecule has 0 saturated heterocycles. The van der Waals surface area contributed by atoms with Crippen molar-refractivity contribution in [2.24, 2.45) is 5.10 Å². The largest absolute Gasteiger partial charge is 0.483 e. The lowest BCUT2D eigenvalue weighted by atomic mass is 10.1. The maximum atomic E-state index is 12.1. The molecule has 34 heavy (non-hydrogen) atoms. The van der Waals surface area contributed by atoms with E-state index < -0.39 is 11.8 Å². The average Bonchev–Trinajstić information content (AvgIpc) is 2.85. The zero-order valence-corrected chi connectivity index (χ0v) is 19.0. The summed E-state index contributed by atoms with van der Waals surface area (Å²) in [5.74, 6) is -1.60.